The number of aliphatic imine (C=N–C) groups is 1. The summed E-state index contributed by atoms with van der Waals surface area (Å²) in [5.74, 6) is 5.83. The predicted octanol–water partition coefficient (Wildman–Crippen LogP) is 3.70. The summed E-state index contributed by atoms with van der Waals surface area (Å²) < 4.78 is 0. The maximum absolute atomic E-state index is 13.1. The van der Waals surface area contributed by atoms with Crippen molar-refractivity contribution in [3.63, 3.8) is 0 Å². The molecule has 1 heterocycles. The van der Waals surface area contributed by atoms with E-state index in [2.05, 4.69) is 16.9 Å². The van der Waals surface area contributed by atoms with Gasteiger partial charge in [0.05, 0.1) is 16.3 Å². The number of hydrogen-bond acceptors (Lipinski definition) is 4. The third-order valence-corrected chi connectivity index (χ3v) is 4.20. The highest BCUT2D eigenvalue weighted by molar-refractivity contribution is 6.37. The van der Waals surface area contributed by atoms with Gasteiger partial charge < -0.3 is 5.32 Å². The number of hydrogen-bond donors (Lipinski definition) is 2. The number of anilines is 2. The monoisotopic (exact) mass is 375 g/mol. The second kappa shape index (κ2) is 7.14. The van der Waals surface area contributed by atoms with Gasteiger partial charge in [0, 0.05) is 16.9 Å². The average molecular weight is 376 g/mol. The topological polar surface area (TPSA) is 74.0 Å². The highest BCUT2D eigenvalue weighted by Gasteiger charge is 2.36. The van der Waals surface area contributed by atoms with E-state index in [0.29, 0.717) is 27.0 Å². The summed E-state index contributed by atoms with van der Waals surface area (Å²) in [4.78, 5) is 18.4. The summed E-state index contributed by atoms with van der Waals surface area (Å²) >= 11 is 12.3. The van der Waals surface area contributed by atoms with Gasteiger partial charge in [-0.2, -0.15) is 0 Å². The average Bonchev–Trinajstić information content (AvgIpc) is 2.60. The van der Waals surface area contributed by atoms with E-state index in [1.807, 2.05) is 6.07 Å². The fourth-order valence-corrected chi connectivity index (χ4v) is 3.05. The van der Waals surface area contributed by atoms with Crippen molar-refractivity contribution in [3.8, 4) is 0 Å². The smallest absolute Gasteiger partial charge is 0.263 e. The van der Waals surface area contributed by atoms with Gasteiger partial charge in [-0.3, -0.25) is 14.7 Å². The number of amides is 1. The first-order valence-electron chi connectivity index (χ1n) is 7.34. The number of nitrogens with two attached hydrogens (primary N) is 1. The Labute approximate surface area is 155 Å². The summed E-state index contributed by atoms with van der Waals surface area (Å²) in [6.45, 7) is 3.51. The summed E-state index contributed by atoms with van der Waals surface area (Å²) in [7, 11) is 0. The molecule has 128 valence electrons. The van der Waals surface area contributed by atoms with Crippen LogP contribution in [0, 0.1) is 0 Å². The highest BCUT2D eigenvalue weighted by atomic mass is 35.5. The van der Waals surface area contributed by atoms with E-state index in [0.717, 1.165) is 0 Å². The van der Waals surface area contributed by atoms with Crippen molar-refractivity contribution in [2.75, 3.05) is 10.2 Å². The van der Waals surface area contributed by atoms with Crippen LogP contribution in [-0.4, -0.2) is 23.5 Å². The molecule has 1 unspecified atom stereocenters. The van der Waals surface area contributed by atoms with E-state index >= 15 is 0 Å². The van der Waals surface area contributed by atoms with E-state index in [1.54, 1.807) is 36.4 Å². The number of benzene rings is 2. The number of carbonyl (C=O) groups is 1. The molecule has 25 heavy (non-hydrogen) atoms. The molecule has 0 fully saturated rings. The second-order valence-corrected chi connectivity index (χ2v) is 6.07. The zero-order valence-corrected chi connectivity index (χ0v) is 14.6. The minimum atomic E-state index is -0.732. The molecule has 6 nitrogen and oxygen atoms in total. The minimum absolute atomic E-state index is 0.244. The molecule has 1 amide bonds. The number of halogens is 2. The molecule has 8 heteroatoms. The molecule has 3 rings (SSSR count). The Kier molecular flexibility index (Phi) is 4.94. The lowest BCUT2D eigenvalue weighted by Gasteiger charge is -2.41. The molecular formula is C17H15Cl2N5O. The fraction of sp³-hybridized carbons (Fsp3) is 0.0588. The van der Waals surface area contributed by atoms with Crippen LogP contribution in [0.1, 0.15) is 10.4 Å². The molecule has 1 aliphatic heterocycles. The van der Waals surface area contributed by atoms with Crippen LogP contribution in [0.4, 0.5) is 11.4 Å². The minimum Gasteiger partial charge on any atom is -0.346 e. The number of nitrogens with one attached hydrogen (secondary N) is 1. The van der Waals surface area contributed by atoms with Gasteiger partial charge in [-0.25, -0.2) is 10.8 Å². The zero-order chi connectivity index (χ0) is 18.0. The van der Waals surface area contributed by atoms with E-state index in [-0.39, 0.29) is 5.91 Å². The number of fused-ring (bicyclic) bond motifs is 1. The first-order chi connectivity index (χ1) is 12.0. The van der Waals surface area contributed by atoms with E-state index in [4.69, 9.17) is 29.0 Å². The fourth-order valence-electron chi connectivity index (χ4n) is 2.55. The lowest BCUT2D eigenvalue weighted by atomic mass is 10.1. The van der Waals surface area contributed by atoms with Crippen LogP contribution < -0.4 is 16.1 Å². The van der Waals surface area contributed by atoms with Crippen molar-refractivity contribution in [1.29, 1.82) is 0 Å². The molecule has 0 spiro atoms. The molecule has 0 aliphatic carbocycles. The third-order valence-electron chi connectivity index (χ3n) is 3.66. The predicted molar refractivity (Wildman–Crippen MR) is 102 cm³/mol. The number of nitrogens with zero attached hydrogens (tertiary/aromatic N) is 3. The Hall–Kier alpha value is -2.54. The van der Waals surface area contributed by atoms with Gasteiger partial charge in [0.25, 0.3) is 5.91 Å². The van der Waals surface area contributed by atoms with Crippen LogP contribution in [-0.2, 0) is 0 Å². The molecule has 1 aliphatic rings. The first-order valence-corrected chi connectivity index (χ1v) is 8.10. The Morgan fingerprint density at radius 3 is 2.76 bits per heavy atom. The van der Waals surface area contributed by atoms with Gasteiger partial charge >= 0.3 is 0 Å². The van der Waals surface area contributed by atoms with E-state index < -0.39 is 6.29 Å². The largest absolute Gasteiger partial charge is 0.346 e. The molecule has 0 radical (unpaired) electrons. The van der Waals surface area contributed by atoms with Crippen LogP contribution >= 0.6 is 23.2 Å². The number of para-hydroxylation sites is 1. The zero-order valence-electron chi connectivity index (χ0n) is 13.1. The van der Waals surface area contributed by atoms with Crippen molar-refractivity contribution in [2.24, 2.45) is 10.8 Å². The van der Waals surface area contributed by atoms with Crippen LogP contribution in [0.15, 0.2) is 60.2 Å². The Bertz CT molecular complexity index is 855. The molecule has 0 bridgehead atoms. The standard InChI is InChI=1S/C17H15Cl2N5O/c1-2-21-10-23(20)17-22-14-6-4-3-5-12(14)16(25)24(17)15-8-7-11(18)9-13(15)19/h2-10,17,22H,1,20H2. The van der Waals surface area contributed by atoms with Crippen molar-refractivity contribution >= 4 is 46.8 Å². The first kappa shape index (κ1) is 17.3. The maximum Gasteiger partial charge on any atom is 0.263 e. The van der Waals surface area contributed by atoms with Crippen molar-refractivity contribution < 1.29 is 4.79 Å². The number of carbonyl (C=O) groups excluding carboxylic acids is 1. The third kappa shape index (κ3) is 3.32. The summed E-state index contributed by atoms with van der Waals surface area (Å²) in [6, 6.07) is 12.1. The summed E-state index contributed by atoms with van der Waals surface area (Å²) in [5.41, 5.74) is 1.66. The number of rotatable bonds is 4. The van der Waals surface area contributed by atoms with Crippen LogP contribution in [0.3, 0.4) is 0 Å². The quantitative estimate of drug-likeness (QED) is 0.369. The Balaban J connectivity index is 2.11. The second-order valence-electron chi connectivity index (χ2n) is 5.23. The Morgan fingerprint density at radius 1 is 1.28 bits per heavy atom. The molecule has 0 saturated heterocycles. The highest BCUT2D eigenvalue weighted by Crippen LogP contribution is 2.35. The maximum atomic E-state index is 13.1. The lowest BCUT2D eigenvalue weighted by molar-refractivity contribution is 0.0954. The van der Waals surface area contributed by atoms with Crippen molar-refractivity contribution in [3.05, 3.63) is 70.9 Å². The molecule has 2 aromatic carbocycles. The van der Waals surface area contributed by atoms with Crippen LogP contribution in [0.2, 0.25) is 10.0 Å². The normalized spacial score (nSPS) is 16.5. The van der Waals surface area contributed by atoms with Gasteiger partial charge in [-0.05, 0) is 30.3 Å². The van der Waals surface area contributed by atoms with E-state index in [9.17, 15) is 4.79 Å². The van der Waals surface area contributed by atoms with Crippen molar-refractivity contribution in [2.45, 2.75) is 6.29 Å². The SMILES string of the molecule is C=CN=CN(N)C1Nc2ccccc2C(=O)N1c1ccc(Cl)cc1Cl. The Morgan fingerprint density at radius 2 is 2.04 bits per heavy atom. The summed E-state index contributed by atoms with van der Waals surface area (Å²) in [5, 5.41) is 5.29. The molecule has 1 atom stereocenters. The summed E-state index contributed by atoms with van der Waals surface area (Å²) in [6.07, 6.45) is 1.98. The van der Waals surface area contributed by atoms with Gasteiger partial charge in [0.15, 0.2) is 6.29 Å². The molecule has 0 aromatic heterocycles. The molecule has 0 saturated carbocycles. The van der Waals surface area contributed by atoms with Crippen LogP contribution in [0.5, 0.6) is 0 Å². The molecule has 2 aromatic rings. The van der Waals surface area contributed by atoms with E-state index in [1.165, 1.54) is 22.4 Å². The molecule has 3 N–H and O–H groups in total. The van der Waals surface area contributed by atoms with Crippen molar-refractivity contribution in [1.82, 2.24) is 5.01 Å². The van der Waals surface area contributed by atoms with Crippen LogP contribution in [0.25, 0.3) is 0 Å². The van der Waals surface area contributed by atoms with Gasteiger partial charge in [0.2, 0.25) is 0 Å². The number of hydrazine groups is 1. The van der Waals surface area contributed by atoms with Gasteiger partial charge in [-0.1, -0.05) is 41.9 Å². The molecular weight excluding hydrogens is 361 g/mol. The van der Waals surface area contributed by atoms with Gasteiger partial charge in [0.1, 0.15) is 6.34 Å². The van der Waals surface area contributed by atoms with Gasteiger partial charge in [-0.15, -0.1) is 0 Å². The lowest BCUT2D eigenvalue weighted by Crippen LogP contribution is -2.60.